The number of rotatable bonds is 7. The Morgan fingerprint density at radius 3 is 2.55 bits per heavy atom. The number of nitrogens with one attached hydrogen (secondary N) is 3. The van der Waals surface area contributed by atoms with E-state index in [0.29, 0.717) is 47.2 Å². The highest BCUT2D eigenvalue weighted by atomic mass is 35.5. The third kappa shape index (κ3) is 6.19. The lowest BCUT2D eigenvalue weighted by molar-refractivity contribution is -0.121. The first-order valence-electron chi connectivity index (χ1n) is 10.0. The highest BCUT2D eigenvalue weighted by Crippen LogP contribution is 2.37. The molecule has 3 rings (SSSR count). The normalized spacial score (nSPS) is 13.5. The van der Waals surface area contributed by atoms with E-state index in [2.05, 4.69) is 20.9 Å². The zero-order valence-corrected chi connectivity index (χ0v) is 19.0. The van der Waals surface area contributed by atoms with Gasteiger partial charge in [0.2, 0.25) is 5.91 Å². The first kappa shape index (κ1) is 23.1. The van der Waals surface area contributed by atoms with Gasteiger partial charge in [-0.25, -0.2) is 4.79 Å². The van der Waals surface area contributed by atoms with Crippen molar-refractivity contribution >= 4 is 51.5 Å². The first-order chi connectivity index (χ1) is 14.7. The molecular formula is C21H26ClN5O3S. The zero-order chi connectivity index (χ0) is 22.5. The molecule has 0 saturated carbocycles. The van der Waals surface area contributed by atoms with Crippen molar-refractivity contribution in [1.29, 1.82) is 0 Å². The number of amides is 4. The van der Waals surface area contributed by atoms with E-state index >= 15 is 0 Å². The van der Waals surface area contributed by atoms with Gasteiger partial charge in [0.25, 0.3) is 5.91 Å². The van der Waals surface area contributed by atoms with Crippen LogP contribution in [0.2, 0.25) is 5.02 Å². The van der Waals surface area contributed by atoms with Crippen molar-refractivity contribution in [2.75, 3.05) is 23.7 Å². The largest absolute Gasteiger partial charge is 0.365 e. The van der Waals surface area contributed by atoms with Gasteiger partial charge in [-0.15, -0.1) is 11.3 Å². The molecule has 1 aromatic heterocycles. The molecule has 5 N–H and O–H groups in total. The molecule has 0 atom stereocenters. The molecule has 0 saturated heterocycles. The van der Waals surface area contributed by atoms with Gasteiger partial charge in [0, 0.05) is 47.7 Å². The molecule has 2 aromatic rings. The number of fused-ring (bicyclic) bond motifs is 1. The van der Waals surface area contributed by atoms with Crippen molar-refractivity contribution in [3.05, 3.63) is 45.3 Å². The summed E-state index contributed by atoms with van der Waals surface area (Å²) in [5.74, 6) is -0.546. The molecule has 0 unspecified atom stereocenters. The van der Waals surface area contributed by atoms with Crippen LogP contribution in [0.5, 0.6) is 0 Å². The predicted molar refractivity (Wildman–Crippen MR) is 124 cm³/mol. The summed E-state index contributed by atoms with van der Waals surface area (Å²) in [4.78, 5) is 39.6. The molecule has 1 aromatic carbocycles. The lowest BCUT2D eigenvalue weighted by atomic mass is 10.0. The number of anilines is 2. The van der Waals surface area contributed by atoms with E-state index in [-0.39, 0.29) is 11.9 Å². The number of thiophene rings is 1. The molecule has 0 fully saturated rings. The monoisotopic (exact) mass is 463 g/mol. The number of carbonyl (C=O) groups excluding carboxylic acids is 3. The molecule has 0 radical (unpaired) electrons. The molecule has 1 aliphatic rings. The number of urea groups is 1. The molecule has 2 heterocycles. The van der Waals surface area contributed by atoms with Crippen LogP contribution in [0.1, 0.15) is 41.1 Å². The van der Waals surface area contributed by atoms with E-state index in [1.807, 2.05) is 13.8 Å². The van der Waals surface area contributed by atoms with Crippen molar-refractivity contribution in [2.45, 2.75) is 39.3 Å². The van der Waals surface area contributed by atoms with Crippen molar-refractivity contribution in [3.63, 3.8) is 0 Å². The maximum Gasteiger partial charge on any atom is 0.324 e. The Labute approximate surface area is 190 Å². The fourth-order valence-electron chi connectivity index (χ4n) is 3.45. The Kier molecular flexibility index (Phi) is 7.53. The van der Waals surface area contributed by atoms with E-state index in [1.54, 1.807) is 24.3 Å². The average molecular weight is 464 g/mol. The topological polar surface area (TPSA) is 117 Å². The van der Waals surface area contributed by atoms with Crippen LogP contribution in [0.4, 0.5) is 15.5 Å². The highest BCUT2D eigenvalue weighted by molar-refractivity contribution is 7.17. The molecule has 0 spiro atoms. The third-order valence-electron chi connectivity index (χ3n) is 4.82. The van der Waals surface area contributed by atoms with Crippen LogP contribution >= 0.6 is 22.9 Å². The molecule has 4 amide bonds. The summed E-state index contributed by atoms with van der Waals surface area (Å²) in [5, 5.41) is 9.35. The fourth-order valence-corrected chi connectivity index (χ4v) is 4.86. The molecule has 8 nitrogen and oxygen atoms in total. The van der Waals surface area contributed by atoms with Crippen molar-refractivity contribution in [1.82, 2.24) is 10.2 Å². The second-order valence-corrected chi connectivity index (χ2v) is 9.20. The molecule has 31 heavy (non-hydrogen) atoms. The van der Waals surface area contributed by atoms with Gasteiger partial charge in [-0.2, -0.15) is 0 Å². The first-order valence-corrected chi connectivity index (χ1v) is 11.2. The predicted octanol–water partition coefficient (Wildman–Crippen LogP) is 3.42. The van der Waals surface area contributed by atoms with Crippen LogP contribution in [-0.2, 0) is 17.8 Å². The third-order valence-corrected chi connectivity index (χ3v) is 6.20. The summed E-state index contributed by atoms with van der Waals surface area (Å²) in [6.45, 7) is 5.81. The summed E-state index contributed by atoms with van der Waals surface area (Å²) in [6.07, 6.45) is 1.05. The van der Waals surface area contributed by atoms with E-state index in [0.717, 1.165) is 17.0 Å². The maximum atomic E-state index is 12.4. The van der Waals surface area contributed by atoms with E-state index in [4.69, 9.17) is 17.3 Å². The Bertz CT molecular complexity index is 974. The molecule has 0 bridgehead atoms. The van der Waals surface area contributed by atoms with E-state index in [1.165, 1.54) is 11.3 Å². The molecule has 0 aliphatic carbocycles. The average Bonchev–Trinajstić information content (AvgIpc) is 3.04. The van der Waals surface area contributed by atoms with Crippen LogP contribution in [-0.4, -0.2) is 41.9 Å². The minimum absolute atomic E-state index is 0.0195. The second kappa shape index (κ2) is 10.1. The number of hydrogen-bond acceptors (Lipinski definition) is 5. The van der Waals surface area contributed by atoms with Crippen LogP contribution in [0.3, 0.4) is 0 Å². The Morgan fingerprint density at radius 1 is 1.19 bits per heavy atom. The Hall–Kier alpha value is -2.62. The summed E-state index contributed by atoms with van der Waals surface area (Å²) in [6, 6.07) is 6.36. The molecule has 10 heteroatoms. The Balaban J connectivity index is 1.67. The van der Waals surface area contributed by atoms with E-state index in [9.17, 15) is 14.4 Å². The number of benzene rings is 1. The van der Waals surface area contributed by atoms with Gasteiger partial charge in [0.05, 0.1) is 5.56 Å². The number of carbonyl (C=O) groups is 3. The van der Waals surface area contributed by atoms with Gasteiger partial charge in [-0.05, 0) is 50.1 Å². The second-order valence-electron chi connectivity index (χ2n) is 7.66. The van der Waals surface area contributed by atoms with Crippen LogP contribution < -0.4 is 21.7 Å². The summed E-state index contributed by atoms with van der Waals surface area (Å²) < 4.78 is 0. The molecular weight excluding hydrogens is 438 g/mol. The number of nitrogens with zero attached hydrogens (tertiary/aromatic N) is 1. The summed E-state index contributed by atoms with van der Waals surface area (Å²) in [7, 11) is 0. The minimum Gasteiger partial charge on any atom is -0.365 e. The van der Waals surface area contributed by atoms with Gasteiger partial charge in [-0.1, -0.05) is 11.6 Å². The highest BCUT2D eigenvalue weighted by Gasteiger charge is 2.28. The summed E-state index contributed by atoms with van der Waals surface area (Å²) >= 11 is 7.21. The van der Waals surface area contributed by atoms with Crippen LogP contribution in [0.15, 0.2) is 24.3 Å². The van der Waals surface area contributed by atoms with Gasteiger partial charge in [-0.3, -0.25) is 19.8 Å². The lowest BCUT2D eigenvalue weighted by Gasteiger charge is -2.26. The molecule has 1 aliphatic heterocycles. The zero-order valence-electron chi connectivity index (χ0n) is 17.5. The van der Waals surface area contributed by atoms with Gasteiger partial charge in [0.1, 0.15) is 5.00 Å². The van der Waals surface area contributed by atoms with E-state index < -0.39 is 11.9 Å². The van der Waals surface area contributed by atoms with Crippen molar-refractivity contribution in [3.8, 4) is 0 Å². The lowest BCUT2D eigenvalue weighted by Crippen LogP contribution is -2.36. The molecule has 166 valence electrons. The quantitative estimate of drug-likeness (QED) is 0.503. The van der Waals surface area contributed by atoms with Gasteiger partial charge in [0.15, 0.2) is 0 Å². The number of hydrogen-bond donors (Lipinski definition) is 4. The number of halogens is 1. The van der Waals surface area contributed by atoms with Crippen LogP contribution in [0, 0.1) is 0 Å². The Morgan fingerprint density at radius 2 is 1.90 bits per heavy atom. The number of primary amides is 1. The van der Waals surface area contributed by atoms with Gasteiger partial charge >= 0.3 is 6.03 Å². The number of nitrogens with two attached hydrogens (primary N) is 1. The summed E-state index contributed by atoms with van der Waals surface area (Å²) in [5.41, 5.74) is 7.44. The SMILES string of the molecule is CC(C)NC(=O)CCN1CCc2c(sc(NC(=O)Nc3ccc(Cl)cc3)c2C(N)=O)C1. The smallest absolute Gasteiger partial charge is 0.324 e. The maximum absolute atomic E-state index is 12.4. The van der Waals surface area contributed by atoms with Crippen LogP contribution in [0.25, 0.3) is 0 Å². The minimum atomic E-state index is -0.566. The van der Waals surface area contributed by atoms with Crippen molar-refractivity contribution in [2.24, 2.45) is 5.73 Å². The standard InChI is InChI=1S/C21H26ClN5O3S/c1-12(2)24-17(28)8-10-27-9-7-15-16(11-27)31-20(18(15)19(23)29)26-21(30)25-14-5-3-13(22)4-6-14/h3-6,12H,7-11H2,1-2H3,(H2,23,29)(H,24,28)(H2,25,26,30). The fraction of sp³-hybridized carbons (Fsp3) is 0.381. The van der Waals surface area contributed by atoms with Gasteiger partial charge < -0.3 is 16.4 Å². The van der Waals surface area contributed by atoms with Crippen molar-refractivity contribution < 1.29 is 14.4 Å².